The van der Waals surface area contributed by atoms with E-state index >= 15 is 0 Å². The normalized spacial score (nSPS) is 10.3. The van der Waals surface area contributed by atoms with Gasteiger partial charge in [0.2, 0.25) is 0 Å². The van der Waals surface area contributed by atoms with Crippen LogP contribution in [0.1, 0.15) is 15.9 Å². The molecule has 2 N–H and O–H groups in total. The van der Waals surface area contributed by atoms with Gasteiger partial charge in [-0.25, -0.2) is 9.18 Å². The van der Waals surface area contributed by atoms with Crippen LogP contribution in [-0.2, 0) is 11.3 Å². The lowest BCUT2D eigenvalue weighted by Gasteiger charge is -2.09. The Bertz CT molecular complexity index is 662. The Hall–Kier alpha value is -1.78. The zero-order valence-electron chi connectivity index (χ0n) is 10.2. The summed E-state index contributed by atoms with van der Waals surface area (Å²) >= 11 is 11.6. The van der Waals surface area contributed by atoms with E-state index in [1.165, 1.54) is 24.3 Å². The Morgan fingerprint density at radius 2 is 2.00 bits per heavy atom. The van der Waals surface area contributed by atoms with Crippen LogP contribution in [-0.4, -0.2) is 5.97 Å². The summed E-state index contributed by atoms with van der Waals surface area (Å²) < 4.78 is 18.3. The molecule has 104 valence electrons. The summed E-state index contributed by atoms with van der Waals surface area (Å²) in [6.07, 6.45) is 0. The van der Waals surface area contributed by atoms with Crippen LogP contribution in [0.4, 0.5) is 10.1 Å². The van der Waals surface area contributed by atoms with Crippen LogP contribution in [0.25, 0.3) is 0 Å². The van der Waals surface area contributed by atoms with Gasteiger partial charge in [-0.05, 0) is 24.3 Å². The highest BCUT2D eigenvalue weighted by Crippen LogP contribution is 2.22. The Labute approximate surface area is 125 Å². The molecule has 0 fully saturated rings. The lowest BCUT2D eigenvalue weighted by atomic mass is 10.2. The minimum absolute atomic E-state index is 0.0700. The first-order valence-electron chi connectivity index (χ1n) is 5.64. The molecule has 3 nitrogen and oxygen atoms in total. The third kappa shape index (κ3) is 3.21. The van der Waals surface area contributed by atoms with Gasteiger partial charge in [0.1, 0.15) is 12.4 Å². The van der Waals surface area contributed by atoms with Crippen LogP contribution in [0.3, 0.4) is 0 Å². The summed E-state index contributed by atoms with van der Waals surface area (Å²) in [6.45, 7) is -0.151. The summed E-state index contributed by atoms with van der Waals surface area (Å²) in [5.74, 6) is -1.21. The van der Waals surface area contributed by atoms with Crippen molar-refractivity contribution in [2.45, 2.75) is 6.61 Å². The fraction of sp³-hybridized carbons (Fsp3) is 0.0714. The standard InChI is InChI=1S/C14H10Cl2FNO2/c15-9-4-5-12(18)10(6-9)14(19)20-7-8-2-1-3-11(17)13(8)16/h1-6H,7,18H2. The average molecular weight is 314 g/mol. The van der Waals surface area contributed by atoms with Crippen molar-refractivity contribution in [1.82, 2.24) is 0 Å². The van der Waals surface area contributed by atoms with Gasteiger partial charge in [0.05, 0.1) is 10.6 Å². The van der Waals surface area contributed by atoms with Gasteiger partial charge in [-0.15, -0.1) is 0 Å². The lowest BCUT2D eigenvalue weighted by molar-refractivity contribution is 0.0474. The average Bonchev–Trinajstić information content (AvgIpc) is 2.43. The van der Waals surface area contributed by atoms with Crippen molar-refractivity contribution < 1.29 is 13.9 Å². The van der Waals surface area contributed by atoms with Crippen LogP contribution < -0.4 is 5.73 Å². The predicted molar refractivity (Wildman–Crippen MR) is 76.4 cm³/mol. The van der Waals surface area contributed by atoms with E-state index in [1.54, 1.807) is 12.1 Å². The number of nitrogens with two attached hydrogens (primary N) is 1. The number of halogens is 3. The van der Waals surface area contributed by atoms with Crippen LogP contribution in [0, 0.1) is 5.82 Å². The van der Waals surface area contributed by atoms with E-state index in [2.05, 4.69) is 0 Å². The molecule has 0 saturated heterocycles. The molecule has 0 saturated carbocycles. The molecule has 0 radical (unpaired) electrons. The van der Waals surface area contributed by atoms with Crippen LogP contribution >= 0.6 is 23.2 Å². The second-order valence-corrected chi connectivity index (χ2v) is 4.84. The number of rotatable bonds is 3. The highest BCUT2D eigenvalue weighted by atomic mass is 35.5. The third-order valence-electron chi connectivity index (χ3n) is 2.63. The molecule has 0 atom stereocenters. The van der Waals surface area contributed by atoms with Gasteiger partial charge < -0.3 is 10.5 Å². The maximum Gasteiger partial charge on any atom is 0.340 e. The van der Waals surface area contributed by atoms with Crippen molar-refractivity contribution in [3.8, 4) is 0 Å². The zero-order valence-corrected chi connectivity index (χ0v) is 11.7. The van der Waals surface area contributed by atoms with Gasteiger partial charge in [-0.2, -0.15) is 0 Å². The molecule has 0 aliphatic heterocycles. The predicted octanol–water partition coefficient (Wildman–Crippen LogP) is 4.07. The van der Waals surface area contributed by atoms with E-state index in [0.717, 1.165) is 0 Å². The van der Waals surface area contributed by atoms with E-state index in [1.807, 2.05) is 0 Å². The molecule has 0 aromatic heterocycles. The molecular weight excluding hydrogens is 304 g/mol. The van der Waals surface area contributed by atoms with Crippen molar-refractivity contribution in [1.29, 1.82) is 0 Å². The molecule has 6 heteroatoms. The number of carbonyl (C=O) groups is 1. The van der Waals surface area contributed by atoms with E-state index in [-0.39, 0.29) is 22.9 Å². The molecule has 0 aliphatic carbocycles. The summed E-state index contributed by atoms with van der Waals surface area (Å²) in [5, 5.41) is 0.300. The van der Waals surface area contributed by atoms with Gasteiger partial charge >= 0.3 is 5.97 Å². The second-order valence-electron chi connectivity index (χ2n) is 4.02. The van der Waals surface area contributed by atoms with E-state index in [0.29, 0.717) is 10.6 Å². The molecule has 0 aliphatic rings. The zero-order chi connectivity index (χ0) is 14.7. The lowest BCUT2D eigenvalue weighted by Crippen LogP contribution is -2.08. The fourth-order valence-electron chi connectivity index (χ4n) is 1.59. The molecule has 0 unspecified atom stereocenters. The number of anilines is 1. The number of carbonyl (C=O) groups excluding carboxylic acids is 1. The first-order valence-corrected chi connectivity index (χ1v) is 6.39. The number of benzene rings is 2. The molecule has 2 aromatic rings. The maximum absolute atomic E-state index is 13.2. The van der Waals surface area contributed by atoms with Crippen molar-refractivity contribution in [2.24, 2.45) is 0 Å². The number of ether oxygens (including phenoxy) is 1. The Morgan fingerprint density at radius 3 is 2.75 bits per heavy atom. The Kier molecular flexibility index (Phi) is 4.47. The monoisotopic (exact) mass is 313 g/mol. The number of esters is 1. The first kappa shape index (κ1) is 14.6. The number of hydrogen-bond acceptors (Lipinski definition) is 3. The molecule has 2 rings (SSSR count). The van der Waals surface area contributed by atoms with Gasteiger partial charge in [0.15, 0.2) is 0 Å². The van der Waals surface area contributed by atoms with Gasteiger partial charge in [0.25, 0.3) is 0 Å². The SMILES string of the molecule is Nc1ccc(Cl)cc1C(=O)OCc1cccc(F)c1Cl. The largest absolute Gasteiger partial charge is 0.457 e. The topological polar surface area (TPSA) is 52.3 Å². The Balaban J connectivity index is 2.13. The molecular formula is C14H10Cl2FNO2. The molecule has 20 heavy (non-hydrogen) atoms. The number of hydrogen-bond donors (Lipinski definition) is 1. The van der Waals surface area contributed by atoms with Crippen molar-refractivity contribution >= 4 is 34.9 Å². The fourth-order valence-corrected chi connectivity index (χ4v) is 1.94. The quantitative estimate of drug-likeness (QED) is 0.686. The first-order chi connectivity index (χ1) is 9.49. The van der Waals surface area contributed by atoms with E-state index < -0.39 is 11.8 Å². The minimum atomic E-state index is -0.648. The molecule has 0 heterocycles. The number of nitrogen functional groups attached to an aromatic ring is 1. The maximum atomic E-state index is 13.2. The summed E-state index contributed by atoms with van der Waals surface area (Å²) in [5.41, 5.74) is 6.46. The molecule has 2 aromatic carbocycles. The van der Waals surface area contributed by atoms with Crippen LogP contribution in [0.5, 0.6) is 0 Å². The minimum Gasteiger partial charge on any atom is -0.457 e. The molecule has 0 bridgehead atoms. The van der Waals surface area contributed by atoms with Crippen LogP contribution in [0.2, 0.25) is 10.0 Å². The highest BCUT2D eigenvalue weighted by molar-refractivity contribution is 6.31. The van der Waals surface area contributed by atoms with Gasteiger partial charge in [-0.3, -0.25) is 0 Å². The second kappa shape index (κ2) is 6.11. The highest BCUT2D eigenvalue weighted by Gasteiger charge is 2.13. The van der Waals surface area contributed by atoms with Crippen molar-refractivity contribution in [3.63, 3.8) is 0 Å². The molecule has 0 spiro atoms. The smallest absolute Gasteiger partial charge is 0.340 e. The third-order valence-corrected chi connectivity index (χ3v) is 3.28. The molecule has 0 amide bonds. The van der Waals surface area contributed by atoms with E-state index in [4.69, 9.17) is 33.7 Å². The Morgan fingerprint density at radius 1 is 1.25 bits per heavy atom. The summed E-state index contributed by atoms with van der Waals surface area (Å²) in [6, 6.07) is 8.76. The van der Waals surface area contributed by atoms with Gasteiger partial charge in [-0.1, -0.05) is 35.3 Å². The van der Waals surface area contributed by atoms with Gasteiger partial charge in [0, 0.05) is 16.3 Å². The summed E-state index contributed by atoms with van der Waals surface area (Å²) in [4.78, 5) is 11.9. The summed E-state index contributed by atoms with van der Waals surface area (Å²) in [7, 11) is 0. The van der Waals surface area contributed by atoms with Crippen molar-refractivity contribution in [2.75, 3.05) is 5.73 Å². The van der Waals surface area contributed by atoms with E-state index in [9.17, 15) is 9.18 Å². The van der Waals surface area contributed by atoms with Crippen molar-refractivity contribution in [3.05, 3.63) is 63.4 Å². The van der Waals surface area contributed by atoms with Crippen LogP contribution in [0.15, 0.2) is 36.4 Å².